The molecule has 1 amide bonds. The number of benzene rings is 1. The van der Waals surface area contributed by atoms with Gasteiger partial charge in [0.2, 0.25) is 0 Å². The Morgan fingerprint density at radius 3 is 2.82 bits per heavy atom. The van der Waals surface area contributed by atoms with Gasteiger partial charge in [0.15, 0.2) is 11.5 Å². The monoisotopic (exact) mass is 475 g/mol. The number of hydrogen-bond acceptors (Lipinski definition) is 8. The van der Waals surface area contributed by atoms with Crippen molar-refractivity contribution in [3.63, 3.8) is 0 Å². The summed E-state index contributed by atoms with van der Waals surface area (Å²) in [6.45, 7) is 3.65. The van der Waals surface area contributed by atoms with Crippen LogP contribution < -0.4 is 21.3 Å². The molecule has 2 aliphatic heterocycles. The lowest BCUT2D eigenvalue weighted by atomic mass is 9.94. The number of nitrogens with zero attached hydrogens (tertiary/aromatic N) is 4. The number of aromatic nitrogens is 3. The molecule has 3 aromatic rings. The Morgan fingerprint density at radius 2 is 2.12 bits per heavy atom. The van der Waals surface area contributed by atoms with Crippen molar-refractivity contribution in [3.05, 3.63) is 41.7 Å². The number of halogens is 2. The Kier molecular flexibility index (Phi) is 5.51. The number of aryl methyl sites for hydroxylation is 1. The zero-order chi connectivity index (χ0) is 23.2. The van der Waals surface area contributed by atoms with Gasteiger partial charge in [-0.1, -0.05) is 17.4 Å². The maximum atomic E-state index is 14.2. The highest BCUT2D eigenvalue weighted by Gasteiger charge is 2.42. The topological polar surface area (TPSA) is 110 Å². The number of nitrogen functional groups attached to an aromatic ring is 1. The number of carbonyl (C=O) groups excluding carboxylic acids is 1. The van der Waals surface area contributed by atoms with E-state index in [4.69, 9.17) is 10.5 Å². The molecule has 0 unspecified atom stereocenters. The van der Waals surface area contributed by atoms with Gasteiger partial charge in [0.1, 0.15) is 32.9 Å². The molecule has 2 aromatic heterocycles. The molecule has 2 fully saturated rings. The Bertz CT molecular complexity index is 1190. The first kappa shape index (κ1) is 21.7. The number of anilines is 3. The number of nitrogens with one attached hydrogen (secondary N) is 2. The Morgan fingerprint density at radius 1 is 1.36 bits per heavy atom. The quantitative estimate of drug-likeness (QED) is 0.531. The minimum Gasteiger partial charge on any atom is -0.389 e. The molecule has 9 nitrogen and oxygen atoms in total. The van der Waals surface area contributed by atoms with Crippen molar-refractivity contribution in [2.45, 2.75) is 12.0 Å². The number of nitrogens with two attached hydrogens (primary N) is 1. The first-order valence-corrected chi connectivity index (χ1v) is 11.3. The summed E-state index contributed by atoms with van der Waals surface area (Å²) in [7, 11) is 1.80. The second-order valence-electron chi connectivity index (χ2n) is 8.17. The number of rotatable bonds is 4. The maximum absolute atomic E-state index is 14.2. The van der Waals surface area contributed by atoms with Crippen molar-refractivity contribution in [2.24, 2.45) is 7.05 Å². The van der Waals surface area contributed by atoms with Crippen LogP contribution >= 0.6 is 11.3 Å². The molecule has 1 spiro atoms. The minimum absolute atomic E-state index is 0.00215. The molecule has 174 valence electrons. The van der Waals surface area contributed by atoms with Gasteiger partial charge in [0.05, 0.1) is 18.4 Å². The van der Waals surface area contributed by atoms with Crippen LogP contribution in [-0.4, -0.2) is 59.1 Å². The maximum Gasteiger partial charge on any atom is 0.277 e. The van der Waals surface area contributed by atoms with E-state index in [2.05, 4.69) is 25.6 Å². The largest absolute Gasteiger partial charge is 0.389 e. The van der Waals surface area contributed by atoms with Gasteiger partial charge in [0, 0.05) is 39.6 Å². The van der Waals surface area contributed by atoms with Gasteiger partial charge in [-0.2, -0.15) is 5.10 Å². The molecule has 0 radical (unpaired) electrons. The van der Waals surface area contributed by atoms with E-state index in [1.807, 2.05) is 0 Å². The average Bonchev–Trinajstić information content (AvgIpc) is 3.21. The number of amides is 1. The van der Waals surface area contributed by atoms with Gasteiger partial charge in [-0.05, 0) is 12.1 Å². The summed E-state index contributed by atoms with van der Waals surface area (Å²) < 4.78 is 35.9. The summed E-state index contributed by atoms with van der Waals surface area (Å²) in [6, 6.07) is 3.53. The van der Waals surface area contributed by atoms with Crippen LogP contribution in [0.2, 0.25) is 0 Å². The molecular weight excluding hydrogens is 452 g/mol. The van der Waals surface area contributed by atoms with Crippen molar-refractivity contribution in [3.8, 4) is 10.6 Å². The fraction of sp³-hybridized carbons (Fsp3) is 0.381. The van der Waals surface area contributed by atoms with E-state index in [1.54, 1.807) is 17.9 Å². The third-order valence-electron chi connectivity index (χ3n) is 5.95. The zero-order valence-corrected chi connectivity index (χ0v) is 18.7. The molecule has 12 heteroatoms. The van der Waals surface area contributed by atoms with Gasteiger partial charge < -0.3 is 26.0 Å². The number of thiazole rings is 1. The summed E-state index contributed by atoms with van der Waals surface area (Å²) in [5.74, 6) is -1.39. The van der Waals surface area contributed by atoms with Crippen LogP contribution in [-0.2, 0) is 11.8 Å². The lowest BCUT2D eigenvalue weighted by Crippen LogP contribution is -2.56. The molecule has 0 bridgehead atoms. The van der Waals surface area contributed by atoms with E-state index in [1.165, 1.54) is 6.07 Å². The van der Waals surface area contributed by atoms with Crippen LogP contribution in [0.4, 0.5) is 25.3 Å². The van der Waals surface area contributed by atoms with Gasteiger partial charge in [-0.3, -0.25) is 9.48 Å². The fourth-order valence-corrected chi connectivity index (χ4v) is 5.11. The smallest absolute Gasteiger partial charge is 0.277 e. The van der Waals surface area contributed by atoms with Gasteiger partial charge in [-0.25, -0.2) is 13.8 Å². The van der Waals surface area contributed by atoms with E-state index in [-0.39, 0.29) is 26.9 Å². The lowest BCUT2D eigenvalue weighted by Gasteiger charge is -2.43. The molecule has 1 aromatic carbocycles. The van der Waals surface area contributed by atoms with Crippen LogP contribution in [0.3, 0.4) is 0 Å². The summed E-state index contributed by atoms with van der Waals surface area (Å²) >= 11 is 0.855. The normalized spacial score (nSPS) is 20.5. The van der Waals surface area contributed by atoms with Gasteiger partial charge in [0.25, 0.3) is 5.91 Å². The lowest BCUT2D eigenvalue weighted by molar-refractivity contribution is -0.135. The average molecular weight is 476 g/mol. The SMILES string of the molecule is Cn1ncc(NC(=O)c2nc(-c3c(F)cccc3F)sc2N)c1N1CCNC[C@]2(CCO2)C1. The summed E-state index contributed by atoms with van der Waals surface area (Å²) in [5.41, 5.74) is 5.84. The van der Waals surface area contributed by atoms with Gasteiger partial charge in [-0.15, -0.1) is 0 Å². The Balaban J connectivity index is 1.41. The third-order valence-corrected chi connectivity index (χ3v) is 6.85. The molecule has 2 saturated heterocycles. The summed E-state index contributed by atoms with van der Waals surface area (Å²) in [4.78, 5) is 19.3. The number of hydrogen-bond donors (Lipinski definition) is 3. The molecule has 0 saturated carbocycles. The second-order valence-corrected chi connectivity index (χ2v) is 9.20. The highest BCUT2D eigenvalue weighted by atomic mass is 32.1. The minimum atomic E-state index is -0.771. The van der Waals surface area contributed by atoms with Crippen LogP contribution in [0.15, 0.2) is 24.4 Å². The number of ether oxygens (including phenoxy) is 1. The molecule has 1 atom stereocenters. The van der Waals surface area contributed by atoms with Crippen molar-refractivity contribution in [1.82, 2.24) is 20.1 Å². The molecule has 4 N–H and O–H groups in total. The standard InChI is InChI=1S/C21H23F2N7O2S/c1-29-20(30-7-6-25-10-21(11-30)5-8-32-21)14(9-26-29)27-18(31)16-17(24)33-19(28-16)15-12(22)3-2-4-13(15)23/h2-4,9,25H,5-8,10-11,24H2,1H3,(H,27,31)/t21-/m1/s1. The zero-order valence-electron chi connectivity index (χ0n) is 17.9. The van der Waals surface area contributed by atoms with Crippen molar-refractivity contribution in [2.75, 3.05) is 48.7 Å². The van der Waals surface area contributed by atoms with E-state index in [0.717, 1.165) is 55.4 Å². The molecular formula is C21H23F2N7O2S. The van der Waals surface area contributed by atoms with Crippen LogP contribution in [0, 0.1) is 11.6 Å². The molecule has 4 heterocycles. The molecule has 33 heavy (non-hydrogen) atoms. The summed E-state index contributed by atoms with van der Waals surface area (Å²) in [5, 5.41) is 10.6. The first-order chi connectivity index (χ1) is 15.9. The molecule has 0 aliphatic carbocycles. The molecule has 5 rings (SSSR count). The van der Waals surface area contributed by atoms with E-state index < -0.39 is 17.5 Å². The van der Waals surface area contributed by atoms with Crippen LogP contribution in [0.1, 0.15) is 16.9 Å². The second kappa shape index (κ2) is 8.36. The Hall–Kier alpha value is -3.09. The third kappa shape index (κ3) is 3.94. The fourth-order valence-electron chi connectivity index (χ4n) is 4.23. The summed E-state index contributed by atoms with van der Waals surface area (Å²) in [6.07, 6.45) is 2.51. The first-order valence-electron chi connectivity index (χ1n) is 10.5. The van der Waals surface area contributed by atoms with E-state index in [9.17, 15) is 13.6 Å². The van der Waals surface area contributed by atoms with Crippen molar-refractivity contribution >= 4 is 33.8 Å². The van der Waals surface area contributed by atoms with E-state index in [0.29, 0.717) is 18.8 Å². The van der Waals surface area contributed by atoms with Crippen LogP contribution in [0.25, 0.3) is 10.6 Å². The van der Waals surface area contributed by atoms with Gasteiger partial charge >= 0.3 is 0 Å². The predicted molar refractivity (Wildman–Crippen MR) is 121 cm³/mol. The highest BCUT2D eigenvalue weighted by molar-refractivity contribution is 7.19. The van der Waals surface area contributed by atoms with Crippen molar-refractivity contribution in [1.29, 1.82) is 0 Å². The predicted octanol–water partition coefficient (Wildman–Crippen LogP) is 2.22. The van der Waals surface area contributed by atoms with Crippen LogP contribution in [0.5, 0.6) is 0 Å². The van der Waals surface area contributed by atoms with E-state index >= 15 is 0 Å². The van der Waals surface area contributed by atoms with Crippen molar-refractivity contribution < 1.29 is 18.3 Å². The number of carbonyl (C=O) groups is 1. The highest BCUT2D eigenvalue weighted by Crippen LogP contribution is 2.35. The molecule has 2 aliphatic rings. The Labute approximate surface area is 192 Å².